The van der Waals surface area contributed by atoms with Gasteiger partial charge in [0.2, 0.25) is 10.0 Å². The number of thiophene rings is 2. The van der Waals surface area contributed by atoms with Crippen molar-refractivity contribution in [3.05, 3.63) is 38.7 Å². The molecule has 0 aliphatic carbocycles. The van der Waals surface area contributed by atoms with Gasteiger partial charge < -0.3 is 5.32 Å². The van der Waals surface area contributed by atoms with E-state index in [1.54, 1.807) is 17.4 Å². The van der Waals surface area contributed by atoms with Crippen molar-refractivity contribution in [1.82, 2.24) is 10.0 Å². The van der Waals surface area contributed by atoms with Crippen LogP contribution in [-0.4, -0.2) is 21.0 Å². The van der Waals surface area contributed by atoms with Gasteiger partial charge in [-0.3, -0.25) is 0 Å². The first kappa shape index (κ1) is 16.6. The second kappa shape index (κ2) is 7.51. The summed E-state index contributed by atoms with van der Waals surface area (Å²) in [5, 5.41) is 9.12. The number of nitrogens with one attached hydrogen (secondary N) is 2. The molecule has 0 fully saturated rings. The molecular formula is C14H20N2O2S3. The SMILES string of the molecule is CC(C)NCc1sccc1S(=O)(=O)NCCc1ccsc1. The van der Waals surface area contributed by atoms with Crippen molar-refractivity contribution in [2.24, 2.45) is 0 Å². The molecule has 0 saturated carbocycles. The maximum absolute atomic E-state index is 12.4. The summed E-state index contributed by atoms with van der Waals surface area (Å²) in [4.78, 5) is 1.25. The van der Waals surface area contributed by atoms with Crippen LogP contribution in [0.4, 0.5) is 0 Å². The zero-order chi connectivity index (χ0) is 15.3. The highest BCUT2D eigenvalue weighted by molar-refractivity contribution is 7.89. The summed E-state index contributed by atoms with van der Waals surface area (Å²) in [7, 11) is -3.42. The molecule has 0 spiro atoms. The Hall–Kier alpha value is -0.730. The highest BCUT2D eigenvalue weighted by atomic mass is 32.2. The van der Waals surface area contributed by atoms with Crippen LogP contribution in [0.25, 0.3) is 0 Å². The number of rotatable bonds is 8. The first-order chi connectivity index (χ1) is 9.99. The lowest BCUT2D eigenvalue weighted by molar-refractivity contribution is 0.572. The fourth-order valence-corrected chi connectivity index (χ4v) is 4.96. The molecule has 2 N–H and O–H groups in total. The highest BCUT2D eigenvalue weighted by Crippen LogP contribution is 2.21. The standard InChI is InChI=1S/C14H20N2O2S3/c1-11(2)15-9-13-14(5-8-20-13)21(17,18)16-6-3-12-4-7-19-10-12/h4-5,7-8,10-11,15-16H,3,6,9H2,1-2H3. The van der Waals surface area contributed by atoms with E-state index in [9.17, 15) is 8.42 Å². The maximum atomic E-state index is 12.4. The average Bonchev–Trinajstić information content (AvgIpc) is 3.07. The molecule has 0 amide bonds. The molecule has 0 aliphatic heterocycles. The van der Waals surface area contributed by atoms with E-state index >= 15 is 0 Å². The molecule has 0 atom stereocenters. The van der Waals surface area contributed by atoms with Gasteiger partial charge in [-0.1, -0.05) is 13.8 Å². The molecule has 4 nitrogen and oxygen atoms in total. The van der Waals surface area contributed by atoms with Crippen molar-refractivity contribution in [1.29, 1.82) is 0 Å². The minimum absolute atomic E-state index is 0.328. The predicted molar refractivity (Wildman–Crippen MR) is 89.5 cm³/mol. The lowest BCUT2D eigenvalue weighted by Crippen LogP contribution is -2.28. The Morgan fingerprint density at radius 3 is 2.71 bits per heavy atom. The Labute approximate surface area is 134 Å². The van der Waals surface area contributed by atoms with Crippen LogP contribution in [0, 0.1) is 0 Å². The van der Waals surface area contributed by atoms with Gasteiger partial charge in [0.1, 0.15) is 0 Å². The summed E-state index contributed by atoms with van der Waals surface area (Å²) in [5.74, 6) is 0. The van der Waals surface area contributed by atoms with E-state index in [4.69, 9.17) is 0 Å². The van der Waals surface area contributed by atoms with E-state index in [1.165, 1.54) is 11.3 Å². The minimum atomic E-state index is -3.42. The van der Waals surface area contributed by atoms with Crippen LogP contribution < -0.4 is 10.0 Å². The zero-order valence-corrected chi connectivity index (χ0v) is 14.6. The van der Waals surface area contributed by atoms with Crippen molar-refractivity contribution in [3.8, 4) is 0 Å². The minimum Gasteiger partial charge on any atom is -0.310 e. The van der Waals surface area contributed by atoms with E-state index in [-0.39, 0.29) is 0 Å². The van der Waals surface area contributed by atoms with E-state index in [1.807, 2.05) is 36.1 Å². The second-order valence-corrected chi connectivity index (χ2v) is 8.54. The maximum Gasteiger partial charge on any atom is 0.241 e. The molecule has 7 heteroatoms. The molecule has 0 unspecified atom stereocenters. The lowest BCUT2D eigenvalue weighted by Gasteiger charge is -2.10. The van der Waals surface area contributed by atoms with Crippen molar-refractivity contribution < 1.29 is 8.42 Å². The van der Waals surface area contributed by atoms with Gasteiger partial charge in [0, 0.05) is 24.0 Å². The third-order valence-corrected chi connectivity index (χ3v) is 6.28. The van der Waals surface area contributed by atoms with Crippen molar-refractivity contribution >= 4 is 32.7 Å². The Kier molecular flexibility index (Phi) is 5.95. The summed E-state index contributed by atoms with van der Waals surface area (Å²) in [6.45, 7) is 5.09. The fraction of sp³-hybridized carbons (Fsp3) is 0.429. The number of hydrogen-bond donors (Lipinski definition) is 2. The quantitative estimate of drug-likeness (QED) is 0.774. The third-order valence-electron chi connectivity index (χ3n) is 2.95. The Morgan fingerprint density at radius 2 is 2.05 bits per heavy atom. The molecule has 2 heterocycles. The summed E-state index contributed by atoms with van der Waals surface area (Å²) in [5.41, 5.74) is 1.16. The molecule has 0 radical (unpaired) electrons. The summed E-state index contributed by atoms with van der Waals surface area (Å²) in [6, 6.07) is 4.02. The van der Waals surface area contributed by atoms with Gasteiger partial charge in [-0.15, -0.1) is 11.3 Å². The van der Waals surface area contributed by atoms with Gasteiger partial charge in [0.15, 0.2) is 0 Å². The summed E-state index contributed by atoms with van der Waals surface area (Å²) < 4.78 is 27.4. The first-order valence-corrected chi connectivity index (χ1v) is 10.1. The van der Waals surface area contributed by atoms with Gasteiger partial charge in [-0.25, -0.2) is 13.1 Å². The molecule has 21 heavy (non-hydrogen) atoms. The fourth-order valence-electron chi connectivity index (χ4n) is 1.84. The van der Waals surface area contributed by atoms with Gasteiger partial charge in [-0.2, -0.15) is 11.3 Å². The summed E-state index contributed by atoms with van der Waals surface area (Å²) in [6.07, 6.45) is 0.715. The van der Waals surface area contributed by atoms with Crippen molar-refractivity contribution in [3.63, 3.8) is 0 Å². The smallest absolute Gasteiger partial charge is 0.241 e. The van der Waals surface area contributed by atoms with E-state index in [0.29, 0.717) is 30.4 Å². The Morgan fingerprint density at radius 1 is 1.24 bits per heavy atom. The van der Waals surface area contributed by atoms with E-state index in [2.05, 4.69) is 10.0 Å². The largest absolute Gasteiger partial charge is 0.310 e. The number of hydrogen-bond acceptors (Lipinski definition) is 5. The Bertz CT molecular complexity index is 646. The number of sulfonamides is 1. The molecular weight excluding hydrogens is 324 g/mol. The molecule has 2 rings (SSSR count). The molecule has 0 bridgehead atoms. The van der Waals surface area contributed by atoms with Gasteiger partial charge in [-0.05, 0) is 40.3 Å². The Balaban J connectivity index is 1.97. The van der Waals surface area contributed by atoms with Crippen molar-refractivity contribution in [2.75, 3.05) is 6.54 Å². The molecule has 116 valence electrons. The molecule has 2 aromatic rings. The molecule has 0 saturated heterocycles. The first-order valence-electron chi connectivity index (χ1n) is 6.79. The van der Waals surface area contributed by atoms with Gasteiger partial charge >= 0.3 is 0 Å². The van der Waals surface area contributed by atoms with Crippen LogP contribution >= 0.6 is 22.7 Å². The van der Waals surface area contributed by atoms with E-state index < -0.39 is 10.0 Å². The molecule has 0 aliphatic rings. The van der Waals surface area contributed by atoms with Crippen LogP contribution in [-0.2, 0) is 23.0 Å². The van der Waals surface area contributed by atoms with Crippen molar-refractivity contribution in [2.45, 2.75) is 37.8 Å². The predicted octanol–water partition coefficient (Wildman–Crippen LogP) is 2.83. The van der Waals surface area contributed by atoms with Gasteiger partial charge in [0.25, 0.3) is 0 Å². The lowest BCUT2D eigenvalue weighted by atomic mass is 10.2. The molecule has 2 aromatic heterocycles. The average molecular weight is 345 g/mol. The second-order valence-electron chi connectivity index (χ2n) is 5.02. The van der Waals surface area contributed by atoms with Crippen LogP contribution in [0.5, 0.6) is 0 Å². The van der Waals surface area contributed by atoms with Crippen LogP contribution in [0.15, 0.2) is 33.2 Å². The van der Waals surface area contributed by atoms with Crippen LogP contribution in [0.2, 0.25) is 0 Å². The summed E-state index contributed by atoms with van der Waals surface area (Å²) >= 11 is 3.09. The van der Waals surface area contributed by atoms with Gasteiger partial charge in [0.05, 0.1) is 4.90 Å². The van der Waals surface area contributed by atoms with E-state index in [0.717, 1.165) is 10.4 Å². The highest BCUT2D eigenvalue weighted by Gasteiger charge is 2.19. The third kappa shape index (κ3) is 4.89. The topological polar surface area (TPSA) is 58.2 Å². The van der Waals surface area contributed by atoms with Crippen LogP contribution in [0.1, 0.15) is 24.3 Å². The van der Waals surface area contributed by atoms with Crippen LogP contribution in [0.3, 0.4) is 0 Å². The monoisotopic (exact) mass is 344 g/mol. The molecule has 0 aromatic carbocycles. The normalized spacial score (nSPS) is 12.1. The zero-order valence-electron chi connectivity index (χ0n) is 12.1.